The zero-order chi connectivity index (χ0) is 15.2. The second kappa shape index (κ2) is 8.02. The zero-order valence-corrected chi connectivity index (χ0v) is 14.3. The summed E-state index contributed by atoms with van der Waals surface area (Å²) >= 11 is 6.11. The van der Waals surface area contributed by atoms with E-state index >= 15 is 0 Å². The molecule has 0 saturated heterocycles. The fraction of sp³-hybridized carbons (Fsp3) is 0.647. The van der Waals surface area contributed by atoms with Crippen molar-refractivity contribution in [2.45, 2.75) is 52.1 Å². The van der Waals surface area contributed by atoms with Gasteiger partial charge in [0.15, 0.2) is 0 Å². The Hall–Kier alpha value is -0.570. The molecule has 0 fully saturated rings. The fourth-order valence-corrected chi connectivity index (χ4v) is 3.38. The second-order valence-corrected chi connectivity index (χ2v) is 5.99. The summed E-state index contributed by atoms with van der Waals surface area (Å²) < 4.78 is 0. The van der Waals surface area contributed by atoms with Crippen molar-refractivity contribution >= 4 is 11.6 Å². The monoisotopic (exact) mass is 296 g/mol. The third kappa shape index (κ3) is 3.97. The first-order chi connectivity index (χ1) is 9.51. The molecule has 0 aliphatic carbocycles. The van der Waals surface area contributed by atoms with Gasteiger partial charge in [0.25, 0.3) is 0 Å². The summed E-state index contributed by atoms with van der Waals surface area (Å²) in [5, 5.41) is 4.34. The van der Waals surface area contributed by atoms with Crippen molar-refractivity contribution in [2.75, 3.05) is 20.1 Å². The summed E-state index contributed by atoms with van der Waals surface area (Å²) in [6, 6.07) is 8.61. The van der Waals surface area contributed by atoms with Gasteiger partial charge in [-0.3, -0.25) is 4.90 Å². The number of halogens is 1. The first kappa shape index (κ1) is 17.5. The first-order valence-corrected chi connectivity index (χ1v) is 8.06. The van der Waals surface area contributed by atoms with E-state index in [0.717, 1.165) is 31.0 Å². The van der Waals surface area contributed by atoms with E-state index in [4.69, 9.17) is 11.6 Å². The molecule has 0 aliphatic rings. The Morgan fingerprint density at radius 1 is 1.25 bits per heavy atom. The first-order valence-electron chi connectivity index (χ1n) is 7.68. The third-order valence-electron chi connectivity index (χ3n) is 4.63. The summed E-state index contributed by atoms with van der Waals surface area (Å²) in [5.41, 5.74) is 1.45. The van der Waals surface area contributed by atoms with Crippen LogP contribution in [0.1, 0.15) is 39.7 Å². The number of nitrogens with one attached hydrogen (secondary N) is 1. The molecule has 0 spiro atoms. The maximum absolute atomic E-state index is 6.11. The SMILES string of the molecule is CCN(CC)C(C)(CC)C(Cc1cccc(Cl)c1)NC. The van der Waals surface area contributed by atoms with Crippen molar-refractivity contribution < 1.29 is 0 Å². The molecule has 3 heteroatoms. The Bertz CT molecular complexity index is 404. The molecule has 114 valence electrons. The second-order valence-electron chi connectivity index (χ2n) is 5.56. The van der Waals surface area contributed by atoms with Crippen molar-refractivity contribution in [3.8, 4) is 0 Å². The van der Waals surface area contributed by atoms with E-state index in [1.807, 2.05) is 12.1 Å². The lowest BCUT2D eigenvalue weighted by Gasteiger charge is -2.46. The highest BCUT2D eigenvalue weighted by molar-refractivity contribution is 6.30. The van der Waals surface area contributed by atoms with Crippen LogP contribution in [0, 0.1) is 0 Å². The number of likely N-dealkylation sites (N-methyl/N-ethyl adjacent to an activating group) is 2. The average molecular weight is 297 g/mol. The van der Waals surface area contributed by atoms with Crippen molar-refractivity contribution in [3.05, 3.63) is 34.9 Å². The Kier molecular flexibility index (Phi) is 7.01. The van der Waals surface area contributed by atoms with E-state index in [0.29, 0.717) is 6.04 Å². The normalized spacial score (nSPS) is 16.1. The van der Waals surface area contributed by atoms with Gasteiger partial charge in [0.2, 0.25) is 0 Å². The molecule has 1 rings (SSSR count). The van der Waals surface area contributed by atoms with Crippen LogP contribution in [0.2, 0.25) is 5.02 Å². The number of nitrogens with zero attached hydrogens (tertiary/aromatic N) is 1. The van der Waals surface area contributed by atoms with Gasteiger partial charge in [-0.05, 0) is 57.6 Å². The van der Waals surface area contributed by atoms with Gasteiger partial charge in [0.1, 0.15) is 0 Å². The number of hydrogen-bond donors (Lipinski definition) is 1. The predicted molar refractivity (Wildman–Crippen MR) is 89.6 cm³/mol. The Morgan fingerprint density at radius 3 is 2.35 bits per heavy atom. The number of benzene rings is 1. The smallest absolute Gasteiger partial charge is 0.0408 e. The standard InChI is InChI=1S/C17H29ClN2/c1-6-17(4,20(7-2)8-3)16(19-5)13-14-10-9-11-15(18)12-14/h9-12,16,19H,6-8,13H2,1-5H3. The quantitative estimate of drug-likeness (QED) is 0.780. The maximum atomic E-state index is 6.11. The topological polar surface area (TPSA) is 15.3 Å². The largest absolute Gasteiger partial charge is 0.315 e. The average Bonchev–Trinajstić information content (AvgIpc) is 2.45. The minimum Gasteiger partial charge on any atom is -0.315 e. The highest BCUT2D eigenvalue weighted by Crippen LogP contribution is 2.26. The number of rotatable bonds is 8. The molecule has 2 unspecified atom stereocenters. The molecule has 0 amide bonds. The highest BCUT2D eigenvalue weighted by Gasteiger charge is 2.35. The summed E-state index contributed by atoms with van der Waals surface area (Å²) in [4.78, 5) is 2.55. The summed E-state index contributed by atoms with van der Waals surface area (Å²) in [7, 11) is 2.06. The Morgan fingerprint density at radius 2 is 1.90 bits per heavy atom. The van der Waals surface area contributed by atoms with Crippen LogP contribution in [0.5, 0.6) is 0 Å². The molecule has 0 heterocycles. The van der Waals surface area contributed by atoms with Gasteiger partial charge in [-0.2, -0.15) is 0 Å². The van der Waals surface area contributed by atoms with Crippen LogP contribution >= 0.6 is 11.6 Å². The minimum atomic E-state index is 0.153. The van der Waals surface area contributed by atoms with E-state index < -0.39 is 0 Å². The molecule has 20 heavy (non-hydrogen) atoms. The molecule has 0 bridgehead atoms. The maximum Gasteiger partial charge on any atom is 0.0408 e. The van der Waals surface area contributed by atoms with Gasteiger partial charge in [-0.25, -0.2) is 0 Å². The van der Waals surface area contributed by atoms with E-state index in [1.165, 1.54) is 5.56 Å². The molecule has 0 saturated carbocycles. The molecular weight excluding hydrogens is 268 g/mol. The van der Waals surface area contributed by atoms with Gasteiger partial charge in [0, 0.05) is 16.6 Å². The van der Waals surface area contributed by atoms with E-state index in [2.05, 4.69) is 57.1 Å². The molecule has 0 aromatic heterocycles. The summed E-state index contributed by atoms with van der Waals surface area (Å²) in [5.74, 6) is 0. The van der Waals surface area contributed by atoms with Gasteiger partial charge in [-0.15, -0.1) is 0 Å². The molecule has 2 nitrogen and oxygen atoms in total. The van der Waals surface area contributed by atoms with E-state index in [-0.39, 0.29) is 5.54 Å². The molecule has 2 atom stereocenters. The minimum absolute atomic E-state index is 0.153. The summed E-state index contributed by atoms with van der Waals surface area (Å²) in [6.45, 7) is 11.3. The van der Waals surface area contributed by atoms with Gasteiger partial charge in [-0.1, -0.05) is 44.5 Å². The van der Waals surface area contributed by atoms with Crippen molar-refractivity contribution in [3.63, 3.8) is 0 Å². The fourth-order valence-electron chi connectivity index (χ4n) is 3.17. The molecular formula is C17H29ClN2. The van der Waals surface area contributed by atoms with Crippen LogP contribution in [-0.2, 0) is 6.42 Å². The van der Waals surface area contributed by atoms with Crippen LogP contribution < -0.4 is 5.32 Å². The molecule has 0 radical (unpaired) electrons. The lowest BCUT2D eigenvalue weighted by atomic mass is 9.83. The Balaban J connectivity index is 2.97. The third-order valence-corrected chi connectivity index (χ3v) is 4.86. The molecule has 1 aromatic carbocycles. The van der Waals surface area contributed by atoms with Crippen molar-refractivity contribution in [1.82, 2.24) is 10.2 Å². The van der Waals surface area contributed by atoms with Crippen molar-refractivity contribution in [2.24, 2.45) is 0 Å². The molecule has 1 N–H and O–H groups in total. The summed E-state index contributed by atoms with van der Waals surface area (Å²) in [6.07, 6.45) is 2.12. The van der Waals surface area contributed by atoms with Crippen LogP contribution in [0.15, 0.2) is 24.3 Å². The van der Waals surface area contributed by atoms with Crippen LogP contribution in [0.3, 0.4) is 0 Å². The van der Waals surface area contributed by atoms with E-state index in [9.17, 15) is 0 Å². The van der Waals surface area contributed by atoms with Crippen LogP contribution in [0.25, 0.3) is 0 Å². The highest BCUT2D eigenvalue weighted by atomic mass is 35.5. The Labute approximate surface area is 129 Å². The van der Waals surface area contributed by atoms with E-state index in [1.54, 1.807) is 0 Å². The van der Waals surface area contributed by atoms with Gasteiger partial charge in [0.05, 0.1) is 0 Å². The number of hydrogen-bond acceptors (Lipinski definition) is 2. The van der Waals surface area contributed by atoms with Crippen molar-refractivity contribution in [1.29, 1.82) is 0 Å². The lowest BCUT2D eigenvalue weighted by molar-refractivity contribution is 0.0730. The van der Waals surface area contributed by atoms with Gasteiger partial charge >= 0.3 is 0 Å². The van der Waals surface area contributed by atoms with Gasteiger partial charge < -0.3 is 5.32 Å². The molecule has 1 aromatic rings. The zero-order valence-electron chi connectivity index (χ0n) is 13.5. The lowest BCUT2D eigenvalue weighted by Crippen LogP contribution is -2.59. The van der Waals surface area contributed by atoms with Crippen LogP contribution in [0.4, 0.5) is 0 Å². The molecule has 0 aliphatic heterocycles. The van der Waals surface area contributed by atoms with Crippen LogP contribution in [-0.4, -0.2) is 36.6 Å². The predicted octanol–water partition coefficient (Wildman–Crippen LogP) is 3.98.